The molecule has 0 heterocycles. The average molecular weight is 214 g/mol. The summed E-state index contributed by atoms with van der Waals surface area (Å²) in [5.74, 6) is 0.475. The fraction of sp³-hybridized carbons (Fsp3) is 0.917. The van der Waals surface area contributed by atoms with Gasteiger partial charge in [0.05, 0.1) is 0 Å². The zero-order valence-electron chi connectivity index (χ0n) is 9.99. The third kappa shape index (κ3) is 4.10. The molecule has 1 fully saturated rings. The van der Waals surface area contributed by atoms with E-state index in [9.17, 15) is 4.79 Å². The van der Waals surface area contributed by atoms with Crippen molar-refractivity contribution in [1.82, 2.24) is 0 Å². The molecule has 3 nitrogen and oxygen atoms in total. The van der Waals surface area contributed by atoms with Crippen molar-refractivity contribution in [3.8, 4) is 0 Å². The fourth-order valence-electron chi connectivity index (χ4n) is 1.86. The van der Waals surface area contributed by atoms with Crippen molar-refractivity contribution >= 4 is 6.16 Å². The molecule has 0 amide bonds. The molecule has 1 rings (SSSR count). The summed E-state index contributed by atoms with van der Waals surface area (Å²) < 4.78 is 10.4. The number of ether oxygens (including phenoxy) is 2. The minimum Gasteiger partial charge on any atom is -0.431 e. The van der Waals surface area contributed by atoms with Crippen molar-refractivity contribution in [3.63, 3.8) is 0 Å². The molecule has 0 aromatic heterocycles. The highest BCUT2D eigenvalue weighted by atomic mass is 16.7. The predicted octanol–water partition coefficient (Wildman–Crippen LogP) is 3.52. The van der Waals surface area contributed by atoms with Gasteiger partial charge in [-0.3, -0.25) is 0 Å². The summed E-state index contributed by atoms with van der Waals surface area (Å²) in [5.41, 5.74) is 0. The van der Waals surface area contributed by atoms with Crippen molar-refractivity contribution in [2.75, 3.05) is 0 Å². The average Bonchev–Trinajstić information content (AvgIpc) is 2.21. The van der Waals surface area contributed by atoms with Gasteiger partial charge in [-0.15, -0.1) is 0 Å². The molecular formula is C12H22O3. The van der Waals surface area contributed by atoms with Gasteiger partial charge in [-0.2, -0.15) is 0 Å². The molecule has 3 atom stereocenters. The summed E-state index contributed by atoms with van der Waals surface area (Å²) in [6, 6.07) is 0. The molecule has 0 N–H and O–H groups in total. The Morgan fingerprint density at radius 1 is 1.40 bits per heavy atom. The first kappa shape index (κ1) is 12.3. The van der Waals surface area contributed by atoms with Crippen LogP contribution in [0.4, 0.5) is 4.79 Å². The zero-order chi connectivity index (χ0) is 11.3. The lowest BCUT2D eigenvalue weighted by Crippen LogP contribution is -2.29. The second kappa shape index (κ2) is 5.99. The molecule has 0 radical (unpaired) electrons. The van der Waals surface area contributed by atoms with Crippen molar-refractivity contribution in [1.29, 1.82) is 0 Å². The number of carbonyl (C=O) groups excluding carboxylic acids is 1. The van der Waals surface area contributed by atoms with Crippen molar-refractivity contribution < 1.29 is 14.3 Å². The van der Waals surface area contributed by atoms with Crippen molar-refractivity contribution in [2.24, 2.45) is 5.92 Å². The van der Waals surface area contributed by atoms with Crippen molar-refractivity contribution in [3.05, 3.63) is 0 Å². The topological polar surface area (TPSA) is 35.5 Å². The maximum Gasteiger partial charge on any atom is 0.508 e. The number of hydrogen-bond donors (Lipinski definition) is 0. The maximum absolute atomic E-state index is 11.4. The largest absolute Gasteiger partial charge is 0.508 e. The van der Waals surface area contributed by atoms with Crippen molar-refractivity contribution in [2.45, 2.75) is 65.1 Å². The van der Waals surface area contributed by atoms with Gasteiger partial charge in [0.25, 0.3) is 0 Å². The highest BCUT2D eigenvalue weighted by molar-refractivity contribution is 5.60. The summed E-state index contributed by atoms with van der Waals surface area (Å²) in [4.78, 5) is 11.4. The van der Waals surface area contributed by atoms with E-state index in [-0.39, 0.29) is 12.2 Å². The van der Waals surface area contributed by atoms with E-state index in [1.54, 1.807) is 0 Å². The van der Waals surface area contributed by atoms with Crippen LogP contribution in [-0.2, 0) is 9.47 Å². The Bertz CT molecular complexity index is 203. The highest BCUT2D eigenvalue weighted by Gasteiger charge is 2.25. The van der Waals surface area contributed by atoms with E-state index in [0.29, 0.717) is 5.92 Å². The highest BCUT2D eigenvalue weighted by Crippen LogP contribution is 2.26. The maximum atomic E-state index is 11.4. The minimum absolute atomic E-state index is 0.0450. The molecule has 3 unspecified atom stereocenters. The molecule has 15 heavy (non-hydrogen) atoms. The van der Waals surface area contributed by atoms with E-state index >= 15 is 0 Å². The molecule has 0 bridgehead atoms. The van der Waals surface area contributed by atoms with Crippen LogP contribution in [0.2, 0.25) is 0 Å². The Balaban J connectivity index is 2.29. The normalized spacial score (nSPS) is 28.2. The van der Waals surface area contributed by atoms with Crippen LogP contribution in [0.25, 0.3) is 0 Å². The van der Waals surface area contributed by atoms with Gasteiger partial charge in [-0.05, 0) is 38.5 Å². The van der Waals surface area contributed by atoms with Crippen LogP contribution in [0.1, 0.15) is 52.9 Å². The van der Waals surface area contributed by atoms with Gasteiger partial charge in [0, 0.05) is 0 Å². The molecule has 1 aliphatic carbocycles. The van der Waals surface area contributed by atoms with E-state index in [1.165, 1.54) is 6.42 Å². The molecule has 0 saturated heterocycles. The van der Waals surface area contributed by atoms with Crippen LogP contribution >= 0.6 is 0 Å². The Labute approximate surface area is 92.1 Å². The lowest BCUT2D eigenvalue weighted by atomic mass is 9.88. The lowest BCUT2D eigenvalue weighted by Gasteiger charge is -2.28. The number of carbonyl (C=O) groups is 1. The van der Waals surface area contributed by atoms with Gasteiger partial charge in [0.15, 0.2) is 0 Å². The van der Waals surface area contributed by atoms with Crippen LogP contribution in [0, 0.1) is 5.92 Å². The van der Waals surface area contributed by atoms with Gasteiger partial charge in [-0.1, -0.05) is 20.3 Å². The van der Waals surface area contributed by atoms with Crippen LogP contribution < -0.4 is 0 Å². The van der Waals surface area contributed by atoms with Crippen LogP contribution in [0.15, 0.2) is 0 Å². The van der Waals surface area contributed by atoms with E-state index < -0.39 is 6.16 Å². The molecule has 3 heteroatoms. The Morgan fingerprint density at radius 2 is 2.07 bits per heavy atom. The summed E-state index contributed by atoms with van der Waals surface area (Å²) in [6.07, 6.45) is 4.90. The van der Waals surface area contributed by atoms with E-state index in [4.69, 9.17) is 9.47 Å². The minimum atomic E-state index is -0.497. The smallest absolute Gasteiger partial charge is 0.431 e. The second-order valence-electron chi connectivity index (χ2n) is 4.50. The lowest BCUT2D eigenvalue weighted by molar-refractivity contribution is -0.0237. The predicted molar refractivity (Wildman–Crippen MR) is 58.7 cm³/mol. The van der Waals surface area contributed by atoms with E-state index in [0.717, 1.165) is 25.7 Å². The van der Waals surface area contributed by atoms with Crippen LogP contribution in [0.3, 0.4) is 0 Å². The summed E-state index contributed by atoms with van der Waals surface area (Å²) in [7, 11) is 0. The first-order valence-corrected chi connectivity index (χ1v) is 6.00. The Kier molecular flexibility index (Phi) is 4.92. The molecule has 1 aliphatic rings. The molecule has 1 saturated carbocycles. The SMILES string of the molecule is CCC(C)OC(=O)OC1CCCCC1C. The monoisotopic (exact) mass is 214 g/mol. The molecule has 0 aromatic carbocycles. The zero-order valence-corrected chi connectivity index (χ0v) is 9.99. The summed E-state index contributed by atoms with van der Waals surface area (Å²) >= 11 is 0. The molecule has 0 spiro atoms. The second-order valence-corrected chi connectivity index (χ2v) is 4.50. The third-order valence-electron chi connectivity index (χ3n) is 3.15. The Hall–Kier alpha value is -0.730. The first-order valence-electron chi connectivity index (χ1n) is 6.00. The first-order chi connectivity index (χ1) is 7.13. The van der Waals surface area contributed by atoms with Gasteiger partial charge >= 0.3 is 6.16 Å². The summed E-state index contributed by atoms with van der Waals surface area (Å²) in [5, 5.41) is 0. The van der Waals surface area contributed by atoms with E-state index in [2.05, 4.69) is 6.92 Å². The molecule has 0 aromatic rings. The van der Waals surface area contributed by atoms with Gasteiger partial charge < -0.3 is 9.47 Å². The standard InChI is InChI=1S/C12H22O3/c1-4-10(3)14-12(13)15-11-8-6-5-7-9(11)2/h9-11H,4-8H2,1-3H3. The summed E-state index contributed by atoms with van der Waals surface area (Å²) in [6.45, 7) is 6.01. The Morgan fingerprint density at radius 3 is 2.67 bits per heavy atom. The number of hydrogen-bond acceptors (Lipinski definition) is 3. The quantitative estimate of drug-likeness (QED) is 0.674. The molecule has 0 aliphatic heterocycles. The van der Waals surface area contributed by atoms with Gasteiger partial charge in [0.1, 0.15) is 12.2 Å². The molecular weight excluding hydrogens is 192 g/mol. The van der Waals surface area contributed by atoms with Crippen LogP contribution in [-0.4, -0.2) is 18.4 Å². The van der Waals surface area contributed by atoms with Gasteiger partial charge in [-0.25, -0.2) is 4.79 Å². The van der Waals surface area contributed by atoms with E-state index in [1.807, 2.05) is 13.8 Å². The third-order valence-corrected chi connectivity index (χ3v) is 3.15. The molecule has 88 valence electrons. The fourth-order valence-corrected chi connectivity index (χ4v) is 1.86. The van der Waals surface area contributed by atoms with Crippen LogP contribution in [0.5, 0.6) is 0 Å². The number of rotatable bonds is 3. The van der Waals surface area contributed by atoms with Gasteiger partial charge in [0.2, 0.25) is 0 Å².